The van der Waals surface area contributed by atoms with Crippen LogP contribution in [-0.2, 0) is 14.3 Å². The summed E-state index contributed by atoms with van der Waals surface area (Å²) < 4.78 is 10.1. The lowest BCUT2D eigenvalue weighted by molar-refractivity contribution is -0.122. The van der Waals surface area contributed by atoms with Crippen molar-refractivity contribution in [3.63, 3.8) is 0 Å². The number of carbonyl (C=O) groups excluding carboxylic acids is 3. The summed E-state index contributed by atoms with van der Waals surface area (Å²) in [6.45, 7) is 2.20. The van der Waals surface area contributed by atoms with E-state index in [9.17, 15) is 14.4 Å². The van der Waals surface area contributed by atoms with E-state index in [-0.39, 0.29) is 24.8 Å². The van der Waals surface area contributed by atoms with Crippen LogP contribution in [0.15, 0.2) is 42.5 Å². The Morgan fingerprint density at radius 1 is 1.14 bits per heavy atom. The van der Waals surface area contributed by atoms with Gasteiger partial charge in [0.1, 0.15) is 5.75 Å². The van der Waals surface area contributed by atoms with Crippen molar-refractivity contribution in [2.45, 2.75) is 13.3 Å². The molecule has 0 bridgehead atoms. The lowest BCUT2D eigenvalue weighted by Gasteiger charge is -2.20. The summed E-state index contributed by atoms with van der Waals surface area (Å²) in [5, 5.41) is 2.78. The zero-order chi connectivity index (χ0) is 20.3. The number of hydrogen-bond acceptors (Lipinski definition) is 5. The van der Waals surface area contributed by atoms with Gasteiger partial charge in [0.05, 0.1) is 31.4 Å². The molecule has 1 saturated heterocycles. The second kappa shape index (κ2) is 8.12. The number of hydrogen-bond donors (Lipinski definition) is 1. The lowest BCUT2D eigenvalue weighted by atomic mass is 10.1. The molecular formula is C21H22N2O5. The highest BCUT2D eigenvalue weighted by molar-refractivity contribution is 6.04. The Balaban J connectivity index is 1.74. The van der Waals surface area contributed by atoms with Crippen LogP contribution in [0, 0.1) is 12.8 Å². The van der Waals surface area contributed by atoms with Crippen LogP contribution in [0.4, 0.5) is 11.4 Å². The van der Waals surface area contributed by atoms with Gasteiger partial charge in [-0.15, -0.1) is 0 Å². The SMILES string of the molecule is COC(=O)c1cccc(NC(=O)C2CC(=O)N(c3cc(C)ccc3OC)C2)c1. The number of aryl methyl sites for hydroxylation is 1. The molecule has 1 fully saturated rings. The summed E-state index contributed by atoms with van der Waals surface area (Å²) in [6, 6.07) is 12.1. The van der Waals surface area contributed by atoms with Gasteiger partial charge in [0.25, 0.3) is 0 Å². The van der Waals surface area contributed by atoms with Crippen LogP contribution in [0.3, 0.4) is 0 Å². The highest BCUT2D eigenvalue weighted by atomic mass is 16.5. The molecule has 1 aliphatic rings. The molecule has 1 unspecified atom stereocenters. The van der Waals surface area contributed by atoms with Gasteiger partial charge in [0.15, 0.2) is 0 Å². The normalized spacial score (nSPS) is 16.0. The molecule has 146 valence electrons. The Labute approximate surface area is 163 Å². The Hall–Kier alpha value is -3.35. The number of esters is 1. The molecule has 7 nitrogen and oxygen atoms in total. The van der Waals surface area contributed by atoms with E-state index in [1.807, 2.05) is 25.1 Å². The third-order valence-corrected chi connectivity index (χ3v) is 4.67. The number of methoxy groups -OCH3 is 2. The van der Waals surface area contributed by atoms with Crippen LogP contribution < -0.4 is 15.0 Å². The molecule has 0 saturated carbocycles. The van der Waals surface area contributed by atoms with Crippen LogP contribution in [-0.4, -0.2) is 38.5 Å². The van der Waals surface area contributed by atoms with E-state index in [1.165, 1.54) is 7.11 Å². The van der Waals surface area contributed by atoms with Gasteiger partial charge in [-0.1, -0.05) is 12.1 Å². The molecule has 2 aromatic carbocycles. The minimum Gasteiger partial charge on any atom is -0.495 e. The molecule has 2 aromatic rings. The molecule has 1 N–H and O–H groups in total. The zero-order valence-electron chi connectivity index (χ0n) is 16.0. The number of nitrogens with zero attached hydrogens (tertiary/aromatic N) is 1. The van der Waals surface area contributed by atoms with E-state index >= 15 is 0 Å². The van der Waals surface area contributed by atoms with Gasteiger partial charge in [-0.2, -0.15) is 0 Å². The molecule has 1 aliphatic heterocycles. The van der Waals surface area contributed by atoms with E-state index in [0.717, 1.165) is 5.56 Å². The maximum atomic E-state index is 12.7. The summed E-state index contributed by atoms with van der Waals surface area (Å²) in [7, 11) is 2.85. The number of nitrogens with one attached hydrogen (secondary N) is 1. The fraction of sp³-hybridized carbons (Fsp3) is 0.286. The summed E-state index contributed by atoms with van der Waals surface area (Å²) >= 11 is 0. The van der Waals surface area contributed by atoms with E-state index < -0.39 is 11.9 Å². The average Bonchev–Trinajstić information content (AvgIpc) is 3.09. The van der Waals surface area contributed by atoms with Crippen LogP contribution in [0.2, 0.25) is 0 Å². The van der Waals surface area contributed by atoms with Crippen molar-refractivity contribution in [1.82, 2.24) is 0 Å². The number of carbonyl (C=O) groups is 3. The molecule has 0 aromatic heterocycles. The largest absolute Gasteiger partial charge is 0.495 e. The second-order valence-electron chi connectivity index (χ2n) is 6.64. The molecule has 0 aliphatic carbocycles. The topological polar surface area (TPSA) is 84.9 Å². The van der Waals surface area contributed by atoms with Crippen LogP contribution in [0.25, 0.3) is 0 Å². The highest BCUT2D eigenvalue weighted by Crippen LogP contribution is 2.34. The number of rotatable bonds is 5. The Kier molecular flexibility index (Phi) is 5.63. The summed E-state index contributed by atoms with van der Waals surface area (Å²) in [5.74, 6) is -0.799. The van der Waals surface area contributed by atoms with Gasteiger partial charge in [0.2, 0.25) is 11.8 Å². The van der Waals surface area contributed by atoms with Crippen LogP contribution in [0.5, 0.6) is 5.75 Å². The molecule has 3 rings (SSSR count). The van der Waals surface area contributed by atoms with Crippen molar-refractivity contribution in [3.05, 3.63) is 53.6 Å². The number of anilines is 2. The summed E-state index contributed by atoms with van der Waals surface area (Å²) in [5.41, 5.74) is 2.48. The average molecular weight is 382 g/mol. The number of ether oxygens (including phenoxy) is 2. The van der Waals surface area contributed by atoms with Crippen molar-refractivity contribution in [2.75, 3.05) is 31.0 Å². The maximum Gasteiger partial charge on any atom is 0.337 e. The molecule has 7 heteroatoms. The van der Waals surface area contributed by atoms with Crippen molar-refractivity contribution in [2.24, 2.45) is 5.92 Å². The second-order valence-corrected chi connectivity index (χ2v) is 6.64. The number of amides is 2. The first kappa shape index (κ1) is 19.4. The van der Waals surface area contributed by atoms with E-state index in [1.54, 1.807) is 36.3 Å². The standard InChI is InChI=1S/C21H22N2O5/c1-13-7-8-18(27-2)17(9-13)23-12-15(11-19(23)24)20(25)22-16-6-4-5-14(10-16)21(26)28-3/h4-10,15H,11-12H2,1-3H3,(H,22,25). The van der Waals surface area contributed by atoms with Gasteiger partial charge in [-0.05, 0) is 42.8 Å². The maximum absolute atomic E-state index is 12.7. The third kappa shape index (κ3) is 3.98. The first-order valence-corrected chi connectivity index (χ1v) is 8.87. The quantitative estimate of drug-likeness (QED) is 0.804. The Bertz CT molecular complexity index is 925. The Morgan fingerprint density at radius 3 is 2.64 bits per heavy atom. The zero-order valence-corrected chi connectivity index (χ0v) is 16.0. The van der Waals surface area contributed by atoms with Crippen molar-refractivity contribution >= 4 is 29.2 Å². The van der Waals surface area contributed by atoms with Gasteiger partial charge in [-0.25, -0.2) is 4.79 Å². The molecule has 0 spiro atoms. The van der Waals surface area contributed by atoms with E-state index in [2.05, 4.69) is 10.1 Å². The van der Waals surface area contributed by atoms with Crippen molar-refractivity contribution in [3.8, 4) is 5.75 Å². The highest BCUT2D eigenvalue weighted by Gasteiger charge is 2.36. The number of benzene rings is 2. The Morgan fingerprint density at radius 2 is 1.93 bits per heavy atom. The van der Waals surface area contributed by atoms with Gasteiger partial charge in [0, 0.05) is 18.7 Å². The lowest BCUT2D eigenvalue weighted by Crippen LogP contribution is -2.28. The molecule has 28 heavy (non-hydrogen) atoms. The monoisotopic (exact) mass is 382 g/mol. The fourth-order valence-electron chi connectivity index (χ4n) is 3.21. The smallest absolute Gasteiger partial charge is 0.337 e. The van der Waals surface area contributed by atoms with Crippen molar-refractivity contribution in [1.29, 1.82) is 0 Å². The van der Waals surface area contributed by atoms with E-state index in [0.29, 0.717) is 22.7 Å². The van der Waals surface area contributed by atoms with Gasteiger partial charge in [-0.3, -0.25) is 9.59 Å². The minimum absolute atomic E-state index is 0.111. The third-order valence-electron chi connectivity index (χ3n) is 4.67. The molecular weight excluding hydrogens is 360 g/mol. The fourth-order valence-corrected chi connectivity index (χ4v) is 3.21. The minimum atomic E-state index is -0.500. The van der Waals surface area contributed by atoms with E-state index in [4.69, 9.17) is 4.74 Å². The van der Waals surface area contributed by atoms with Crippen LogP contribution >= 0.6 is 0 Å². The predicted molar refractivity (Wildman–Crippen MR) is 105 cm³/mol. The summed E-state index contributed by atoms with van der Waals surface area (Å²) in [4.78, 5) is 38.4. The molecule has 1 heterocycles. The molecule has 1 atom stereocenters. The predicted octanol–water partition coefficient (Wildman–Crippen LogP) is 2.78. The molecule has 0 radical (unpaired) electrons. The van der Waals surface area contributed by atoms with Gasteiger partial charge >= 0.3 is 5.97 Å². The summed E-state index contributed by atoms with van der Waals surface area (Å²) in [6.07, 6.45) is 0.111. The van der Waals surface area contributed by atoms with Crippen LogP contribution in [0.1, 0.15) is 22.3 Å². The molecule has 2 amide bonds. The first-order chi connectivity index (χ1) is 13.4. The van der Waals surface area contributed by atoms with Gasteiger partial charge < -0.3 is 19.7 Å². The first-order valence-electron chi connectivity index (χ1n) is 8.87. The van der Waals surface area contributed by atoms with Crippen molar-refractivity contribution < 1.29 is 23.9 Å².